The van der Waals surface area contributed by atoms with Crippen molar-refractivity contribution in [3.8, 4) is 5.75 Å². The minimum Gasteiger partial charge on any atom is -0.489 e. The van der Waals surface area contributed by atoms with E-state index < -0.39 is 5.82 Å². The Hall–Kier alpha value is -1.62. The highest BCUT2D eigenvalue weighted by atomic mass is 19.1. The van der Waals surface area contributed by atoms with Crippen molar-refractivity contribution in [2.24, 2.45) is 0 Å². The second kappa shape index (κ2) is 5.79. The lowest BCUT2D eigenvalue weighted by Gasteiger charge is -2.30. The van der Waals surface area contributed by atoms with Crippen molar-refractivity contribution in [3.05, 3.63) is 24.0 Å². The molecule has 0 aromatic heterocycles. The van der Waals surface area contributed by atoms with Crippen molar-refractivity contribution in [2.75, 3.05) is 24.7 Å². The molecule has 1 unspecified atom stereocenters. The van der Waals surface area contributed by atoms with Gasteiger partial charge in [-0.15, -0.1) is 0 Å². The molecule has 0 radical (unpaired) electrons. The lowest BCUT2D eigenvalue weighted by Crippen LogP contribution is -2.38. The maximum atomic E-state index is 13.9. The largest absolute Gasteiger partial charge is 0.489 e. The SMILES string of the molecule is O=C(CCC1CCCO1)N1CCOc2cccc(F)c21. The zero-order valence-electron chi connectivity index (χ0n) is 11.3. The lowest BCUT2D eigenvalue weighted by atomic mass is 10.1. The van der Waals surface area contributed by atoms with Crippen LogP contribution in [-0.2, 0) is 9.53 Å². The third-order valence-corrected chi connectivity index (χ3v) is 3.80. The maximum absolute atomic E-state index is 13.9. The van der Waals surface area contributed by atoms with Crippen LogP contribution in [0, 0.1) is 5.82 Å². The number of amides is 1. The van der Waals surface area contributed by atoms with Crippen molar-refractivity contribution in [1.29, 1.82) is 0 Å². The molecular weight excluding hydrogens is 261 g/mol. The van der Waals surface area contributed by atoms with Gasteiger partial charge in [-0.1, -0.05) is 6.07 Å². The van der Waals surface area contributed by atoms with Gasteiger partial charge in [0.2, 0.25) is 5.91 Å². The highest BCUT2D eigenvalue weighted by molar-refractivity contribution is 5.95. The zero-order chi connectivity index (χ0) is 13.9. The molecule has 0 bridgehead atoms. The van der Waals surface area contributed by atoms with Gasteiger partial charge in [-0.3, -0.25) is 4.79 Å². The fourth-order valence-electron chi connectivity index (χ4n) is 2.77. The number of hydrogen-bond acceptors (Lipinski definition) is 3. The van der Waals surface area contributed by atoms with Gasteiger partial charge < -0.3 is 14.4 Å². The van der Waals surface area contributed by atoms with Crippen LogP contribution in [0.4, 0.5) is 10.1 Å². The summed E-state index contributed by atoms with van der Waals surface area (Å²) in [7, 11) is 0. The second-order valence-electron chi connectivity index (χ2n) is 5.15. The van der Waals surface area contributed by atoms with Crippen molar-refractivity contribution in [2.45, 2.75) is 31.8 Å². The third kappa shape index (κ3) is 2.63. The van der Waals surface area contributed by atoms with E-state index in [9.17, 15) is 9.18 Å². The molecule has 1 aromatic carbocycles. The molecule has 1 amide bonds. The summed E-state index contributed by atoms with van der Waals surface area (Å²) in [5, 5.41) is 0. The van der Waals surface area contributed by atoms with Crippen LogP contribution in [-0.4, -0.2) is 31.8 Å². The molecule has 0 N–H and O–H groups in total. The van der Waals surface area contributed by atoms with E-state index in [0.717, 1.165) is 19.4 Å². The molecule has 0 saturated carbocycles. The number of carbonyl (C=O) groups is 1. The summed E-state index contributed by atoms with van der Waals surface area (Å²) in [6, 6.07) is 4.64. The molecule has 3 rings (SSSR count). The average Bonchev–Trinajstić information content (AvgIpc) is 2.98. The van der Waals surface area contributed by atoms with E-state index in [0.29, 0.717) is 31.7 Å². The lowest BCUT2D eigenvalue weighted by molar-refractivity contribution is -0.119. The normalized spacial score (nSPS) is 21.4. The highest BCUT2D eigenvalue weighted by Gasteiger charge is 2.27. The van der Waals surface area contributed by atoms with Gasteiger partial charge in [0, 0.05) is 13.0 Å². The molecule has 1 fully saturated rings. The Labute approximate surface area is 117 Å². The second-order valence-corrected chi connectivity index (χ2v) is 5.15. The molecule has 5 heteroatoms. The summed E-state index contributed by atoms with van der Waals surface area (Å²) in [6.07, 6.45) is 3.35. The van der Waals surface area contributed by atoms with E-state index >= 15 is 0 Å². The number of ether oxygens (including phenoxy) is 2. The van der Waals surface area contributed by atoms with Crippen molar-refractivity contribution in [3.63, 3.8) is 0 Å². The molecule has 1 saturated heterocycles. The van der Waals surface area contributed by atoms with Crippen LogP contribution in [0.2, 0.25) is 0 Å². The molecule has 20 heavy (non-hydrogen) atoms. The van der Waals surface area contributed by atoms with E-state index in [2.05, 4.69) is 0 Å². The number of rotatable bonds is 3. The monoisotopic (exact) mass is 279 g/mol. The highest BCUT2D eigenvalue weighted by Crippen LogP contribution is 2.34. The van der Waals surface area contributed by atoms with Gasteiger partial charge in [0.05, 0.1) is 12.6 Å². The summed E-state index contributed by atoms with van der Waals surface area (Å²) in [5.41, 5.74) is 0.274. The zero-order valence-corrected chi connectivity index (χ0v) is 11.3. The quantitative estimate of drug-likeness (QED) is 0.853. The molecule has 4 nitrogen and oxygen atoms in total. The Morgan fingerprint density at radius 2 is 2.30 bits per heavy atom. The number of anilines is 1. The first-order valence-electron chi connectivity index (χ1n) is 7.09. The summed E-state index contributed by atoms with van der Waals surface area (Å²) >= 11 is 0. The van der Waals surface area contributed by atoms with Crippen LogP contribution in [0.15, 0.2) is 18.2 Å². The first kappa shape index (κ1) is 13.4. The first-order chi connectivity index (χ1) is 9.75. The number of nitrogens with zero attached hydrogens (tertiary/aromatic N) is 1. The van der Waals surface area contributed by atoms with Crippen LogP contribution < -0.4 is 9.64 Å². The van der Waals surface area contributed by atoms with Crippen LogP contribution in [0.3, 0.4) is 0 Å². The summed E-state index contributed by atoms with van der Waals surface area (Å²) < 4.78 is 24.8. The predicted molar refractivity (Wildman–Crippen MR) is 72.5 cm³/mol. The van der Waals surface area contributed by atoms with Crippen LogP contribution in [0.1, 0.15) is 25.7 Å². The number of carbonyl (C=O) groups excluding carboxylic acids is 1. The molecular formula is C15H18FNO3. The number of benzene rings is 1. The average molecular weight is 279 g/mol. The van der Waals surface area contributed by atoms with Gasteiger partial charge in [0.15, 0.2) is 5.82 Å². The fourth-order valence-corrected chi connectivity index (χ4v) is 2.77. The van der Waals surface area contributed by atoms with Gasteiger partial charge in [0.1, 0.15) is 18.0 Å². The smallest absolute Gasteiger partial charge is 0.227 e. The topological polar surface area (TPSA) is 38.8 Å². The fraction of sp³-hybridized carbons (Fsp3) is 0.533. The van der Waals surface area contributed by atoms with Gasteiger partial charge in [-0.25, -0.2) is 4.39 Å². The van der Waals surface area contributed by atoms with E-state index in [1.54, 1.807) is 12.1 Å². The van der Waals surface area contributed by atoms with Crippen molar-refractivity contribution < 1.29 is 18.7 Å². The number of para-hydroxylation sites is 1. The van der Waals surface area contributed by atoms with Gasteiger partial charge in [-0.05, 0) is 31.4 Å². The molecule has 2 aliphatic rings. The Balaban J connectivity index is 1.69. The van der Waals surface area contributed by atoms with Crippen molar-refractivity contribution >= 4 is 11.6 Å². The Kier molecular flexibility index (Phi) is 3.87. The summed E-state index contributed by atoms with van der Waals surface area (Å²) in [4.78, 5) is 13.8. The molecule has 2 aliphatic heterocycles. The van der Waals surface area contributed by atoms with E-state index in [1.165, 1.54) is 11.0 Å². The molecule has 108 valence electrons. The standard InChI is InChI=1S/C15H18FNO3/c16-12-4-1-5-13-15(12)17(8-10-20-13)14(18)7-6-11-3-2-9-19-11/h1,4-5,11H,2-3,6-10H2. The molecule has 0 aliphatic carbocycles. The summed E-state index contributed by atoms with van der Waals surface area (Å²) in [6.45, 7) is 1.59. The molecule has 1 aromatic rings. The van der Waals surface area contributed by atoms with Crippen LogP contribution in [0.5, 0.6) is 5.75 Å². The van der Waals surface area contributed by atoms with E-state index in [1.807, 2.05) is 0 Å². The minimum atomic E-state index is -0.410. The molecule has 0 spiro atoms. The molecule has 1 atom stereocenters. The van der Waals surface area contributed by atoms with Gasteiger partial charge in [-0.2, -0.15) is 0 Å². The number of halogens is 1. The van der Waals surface area contributed by atoms with Crippen LogP contribution >= 0.6 is 0 Å². The van der Waals surface area contributed by atoms with E-state index in [-0.39, 0.29) is 17.7 Å². The molecule has 2 heterocycles. The van der Waals surface area contributed by atoms with Crippen LogP contribution in [0.25, 0.3) is 0 Å². The predicted octanol–water partition coefficient (Wildman–Crippen LogP) is 2.51. The van der Waals surface area contributed by atoms with Crippen molar-refractivity contribution in [1.82, 2.24) is 0 Å². The Morgan fingerprint density at radius 3 is 3.10 bits per heavy atom. The number of hydrogen-bond donors (Lipinski definition) is 0. The number of fused-ring (bicyclic) bond motifs is 1. The van der Waals surface area contributed by atoms with Gasteiger partial charge >= 0.3 is 0 Å². The Bertz CT molecular complexity index is 500. The van der Waals surface area contributed by atoms with Gasteiger partial charge in [0.25, 0.3) is 0 Å². The maximum Gasteiger partial charge on any atom is 0.227 e. The summed E-state index contributed by atoms with van der Waals surface area (Å²) in [5.74, 6) is -0.0236. The third-order valence-electron chi connectivity index (χ3n) is 3.80. The Morgan fingerprint density at radius 1 is 1.40 bits per heavy atom. The van der Waals surface area contributed by atoms with E-state index in [4.69, 9.17) is 9.47 Å². The first-order valence-corrected chi connectivity index (χ1v) is 7.09. The minimum absolute atomic E-state index is 0.0600.